The van der Waals surface area contributed by atoms with Gasteiger partial charge in [0.25, 0.3) is 0 Å². The van der Waals surface area contributed by atoms with Crippen LogP contribution in [0, 0.1) is 9.77 Å². The summed E-state index contributed by atoms with van der Waals surface area (Å²) in [4.78, 5) is 12.6. The number of thioether (sulfide) groups is 1. The van der Waals surface area contributed by atoms with Crippen LogP contribution in [0.3, 0.4) is 0 Å². The molecule has 0 unspecified atom stereocenters. The largest absolute Gasteiger partial charge is 0.497 e. The number of halogens is 1. The highest BCUT2D eigenvalue weighted by atomic mass is 32.2. The molecule has 0 radical (unpaired) electrons. The minimum absolute atomic E-state index is 0.00658. The first kappa shape index (κ1) is 18.8. The molecule has 0 amide bonds. The van der Waals surface area contributed by atoms with Gasteiger partial charge >= 0.3 is 0 Å². The molecule has 3 rings (SSSR count). The monoisotopic (exact) mass is 406 g/mol. The van der Waals surface area contributed by atoms with Gasteiger partial charge in [-0.25, -0.2) is 9.07 Å². The number of aromatic nitrogens is 2. The third-order valence-corrected chi connectivity index (χ3v) is 6.04. The molecule has 4 nitrogen and oxygen atoms in total. The predicted octanol–water partition coefficient (Wildman–Crippen LogP) is 5.17. The molecule has 0 fully saturated rings. The number of benzene rings is 2. The number of methoxy groups -OCH3 is 1. The fourth-order valence-electron chi connectivity index (χ4n) is 2.25. The molecule has 1 aromatic heterocycles. The van der Waals surface area contributed by atoms with Crippen molar-refractivity contribution in [3.8, 4) is 11.4 Å². The molecule has 0 aliphatic heterocycles. The highest BCUT2D eigenvalue weighted by Gasteiger charge is 2.19. The Morgan fingerprint density at radius 2 is 1.88 bits per heavy atom. The van der Waals surface area contributed by atoms with Gasteiger partial charge in [0.1, 0.15) is 11.6 Å². The van der Waals surface area contributed by atoms with Crippen LogP contribution in [0.25, 0.3) is 5.69 Å². The topological polar surface area (TPSA) is 44.1 Å². The zero-order valence-corrected chi connectivity index (χ0v) is 16.5. The van der Waals surface area contributed by atoms with Gasteiger partial charge in [0.05, 0.1) is 18.0 Å². The van der Waals surface area contributed by atoms with Crippen LogP contribution in [0.1, 0.15) is 17.3 Å². The molecule has 3 aromatic rings. The number of nitrogens with zero attached hydrogens (tertiary/aromatic N) is 2. The zero-order valence-electron chi connectivity index (χ0n) is 14.0. The van der Waals surface area contributed by atoms with E-state index in [1.165, 1.54) is 35.2 Å². The molecule has 0 bridgehead atoms. The molecule has 0 saturated carbocycles. The Balaban J connectivity index is 1.76. The third-order valence-electron chi connectivity index (χ3n) is 3.62. The molecule has 0 aliphatic carbocycles. The van der Waals surface area contributed by atoms with Crippen molar-refractivity contribution in [3.63, 3.8) is 0 Å². The van der Waals surface area contributed by atoms with Crippen molar-refractivity contribution >= 4 is 41.1 Å². The number of hydrogen-bond donors (Lipinski definition) is 0. The standard InChI is InChI=1S/C18H15FN2O2S3/c1-11(16(22)12-3-9-15(23-2)10-4-12)25-17-20-21(18(24)26-17)14-7-5-13(19)6-8-14/h3-11H,1-2H3/t11-/m1/s1. The van der Waals surface area contributed by atoms with Crippen molar-refractivity contribution in [2.24, 2.45) is 0 Å². The van der Waals surface area contributed by atoms with Crippen LogP contribution >= 0.6 is 35.3 Å². The van der Waals surface area contributed by atoms with E-state index in [-0.39, 0.29) is 16.9 Å². The van der Waals surface area contributed by atoms with Gasteiger partial charge < -0.3 is 4.74 Å². The van der Waals surface area contributed by atoms with Gasteiger partial charge in [0.2, 0.25) is 0 Å². The van der Waals surface area contributed by atoms with Crippen molar-refractivity contribution < 1.29 is 13.9 Å². The maximum atomic E-state index is 13.1. The second kappa shape index (κ2) is 8.11. The maximum Gasteiger partial charge on any atom is 0.184 e. The van der Waals surface area contributed by atoms with Gasteiger partial charge in [-0.2, -0.15) is 0 Å². The van der Waals surface area contributed by atoms with Crippen LogP contribution in [0.4, 0.5) is 4.39 Å². The number of ether oxygens (including phenoxy) is 1. The summed E-state index contributed by atoms with van der Waals surface area (Å²) in [5.41, 5.74) is 1.31. The van der Waals surface area contributed by atoms with Crippen LogP contribution in [-0.2, 0) is 0 Å². The second-order valence-electron chi connectivity index (χ2n) is 5.37. The van der Waals surface area contributed by atoms with E-state index in [2.05, 4.69) is 5.10 Å². The Bertz CT molecular complexity index is 965. The van der Waals surface area contributed by atoms with Gasteiger partial charge in [-0.05, 0) is 67.7 Å². The Morgan fingerprint density at radius 1 is 1.23 bits per heavy atom. The molecule has 1 atom stereocenters. The zero-order chi connectivity index (χ0) is 18.7. The lowest BCUT2D eigenvalue weighted by Gasteiger charge is -2.08. The van der Waals surface area contributed by atoms with Crippen molar-refractivity contribution in [1.82, 2.24) is 9.78 Å². The summed E-state index contributed by atoms with van der Waals surface area (Å²) in [6.45, 7) is 1.84. The molecule has 134 valence electrons. The summed E-state index contributed by atoms with van der Waals surface area (Å²) in [5.74, 6) is 0.397. The van der Waals surface area contributed by atoms with E-state index < -0.39 is 0 Å². The first-order valence-corrected chi connectivity index (χ1v) is 9.79. The fraction of sp³-hybridized carbons (Fsp3) is 0.167. The molecule has 26 heavy (non-hydrogen) atoms. The maximum absolute atomic E-state index is 13.1. The van der Waals surface area contributed by atoms with Crippen molar-refractivity contribution in [2.75, 3.05) is 7.11 Å². The SMILES string of the molecule is COc1ccc(C(=O)[C@@H](C)Sc2nn(-c3ccc(F)cc3)c(=S)s2)cc1. The first-order chi connectivity index (χ1) is 12.5. The molecular weight excluding hydrogens is 391 g/mol. The van der Waals surface area contributed by atoms with Crippen molar-refractivity contribution in [2.45, 2.75) is 16.5 Å². The normalized spacial score (nSPS) is 12.0. The predicted molar refractivity (Wildman–Crippen MR) is 105 cm³/mol. The molecule has 1 heterocycles. The number of Topliss-reactive ketones (excluding diaryl/α,β-unsaturated/α-hetero) is 1. The average molecular weight is 407 g/mol. The number of ketones is 1. The van der Waals surface area contributed by atoms with Gasteiger partial charge in [-0.3, -0.25) is 4.79 Å². The number of hydrogen-bond acceptors (Lipinski definition) is 6. The number of carbonyl (C=O) groups excluding carboxylic acids is 1. The average Bonchev–Trinajstić information content (AvgIpc) is 3.02. The quantitative estimate of drug-likeness (QED) is 0.321. The smallest absolute Gasteiger partial charge is 0.184 e. The van der Waals surface area contributed by atoms with Crippen LogP contribution in [0.2, 0.25) is 0 Å². The molecule has 0 saturated heterocycles. The lowest BCUT2D eigenvalue weighted by molar-refractivity contribution is 0.0994. The number of rotatable bonds is 6. The van der Waals surface area contributed by atoms with E-state index in [1.807, 2.05) is 6.92 Å². The minimum Gasteiger partial charge on any atom is -0.497 e. The van der Waals surface area contributed by atoms with E-state index in [0.29, 0.717) is 25.3 Å². The molecule has 0 aliphatic rings. The summed E-state index contributed by atoms with van der Waals surface area (Å²) in [6, 6.07) is 13.0. The van der Waals surface area contributed by atoms with Crippen LogP contribution in [0.15, 0.2) is 52.9 Å². The third kappa shape index (κ3) is 4.20. The lowest BCUT2D eigenvalue weighted by Crippen LogP contribution is -2.13. The van der Waals surface area contributed by atoms with E-state index in [0.717, 1.165) is 0 Å². The second-order valence-corrected chi connectivity index (χ2v) is 8.59. The first-order valence-electron chi connectivity index (χ1n) is 7.69. The Hall–Kier alpha value is -2.03. The van der Waals surface area contributed by atoms with Crippen LogP contribution < -0.4 is 4.74 Å². The van der Waals surface area contributed by atoms with Gasteiger partial charge in [-0.15, -0.1) is 5.10 Å². The van der Waals surface area contributed by atoms with E-state index in [1.54, 1.807) is 48.2 Å². The van der Waals surface area contributed by atoms with Crippen LogP contribution in [-0.4, -0.2) is 27.9 Å². The Morgan fingerprint density at radius 3 is 2.50 bits per heavy atom. The summed E-state index contributed by atoms with van der Waals surface area (Å²) in [5, 5.41) is 4.14. The molecular formula is C18H15FN2O2S3. The fourth-order valence-corrected chi connectivity index (χ4v) is 4.83. The van der Waals surface area contributed by atoms with Gasteiger partial charge in [0.15, 0.2) is 14.1 Å². The van der Waals surface area contributed by atoms with Crippen molar-refractivity contribution in [1.29, 1.82) is 0 Å². The van der Waals surface area contributed by atoms with Gasteiger partial charge in [0, 0.05) is 5.56 Å². The van der Waals surface area contributed by atoms with Crippen molar-refractivity contribution in [3.05, 3.63) is 63.9 Å². The van der Waals surface area contributed by atoms with Gasteiger partial charge in [-0.1, -0.05) is 23.1 Å². The lowest BCUT2D eigenvalue weighted by atomic mass is 10.1. The molecule has 8 heteroatoms. The van der Waals surface area contributed by atoms with E-state index in [9.17, 15) is 9.18 Å². The Labute approximate surface area is 163 Å². The summed E-state index contributed by atoms with van der Waals surface area (Å²) < 4.78 is 21.0. The molecule has 0 N–H and O–H groups in total. The number of carbonyl (C=O) groups is 1. The van der Waals surface area contributed by atoms with Crippen LogP contribution in [0.5, 0.6) is 5.75 Å². The Kier molecular flexibility index (Phi) is 5.85. The highest BCUT2D eigenvalue weighted by molar-refractivity contribution is 8.02. The van der Waals surface area contributed by atoms with E-state index in [4.69, 9.17) is 17.0 Å². The molecule has 0 spiro atoms. The summed E-state index contributed by atoms with van der Waals surface area (Å²) in [7, 11) is 1.58. The van der Waals surface area contributed by atoms with E-state index >= 15 is 0 Å². The molecule has 2 aromatic carbocycles. The summed E-state index contributed by atoms with van der Waals surface area (Å²) >= 11 is 8.02. The summed E-state index contributed by atoms with van der Waals surface area (Å²) in [6.07, 6.45) is 0. The minimum atomic E-state index is -0.316. The highest BCUT2D eigenvalue weighted by Crippen LogP contribution is 2.29.